The van der Waals surface area contributed by atoms with Crippen molar-refractivity contribution in [1.82, 2.24) is 10.2 Å². The highest BCUT2D eigenvalue weighted by Crippen LogP contribution is 2.36. The fourth-order valence-corrected chi connectivity index (χ4v) is 2.52. The first-order chi connectivity index (χ1) is 10.4. The lowest BCUT2D eigenvalue weighted by Crippen LogP contribution is -3.00. The Morgan fingerprint density at radius 2 is 2.00 bits per heavy atom. The van der Waals surface area contributed by atoms with Gasteiger partial charge in [-0.05, 0) is 67.2 Å². The van der Waals surface area contributed by atoms with Crippen LogP contribution in [-0.2, 0) is 11.3 Å². The maximum Gasteiger partial charge on any atom is 0.255 e. The molecular weight excluding hydrogens is 421 g/mol. The number of carbonyl (C=O) groups is 1. The van der Waals surface area contributed by atoms with Crippen LogP contribution < -0.4 is 45.3 Å². The fourth-order valence-electron chi connectivity index (χ4n) is 1.91. The van der Waals surface area contributed by atoms with Crippen molar-refractivity contribution in [2.45, 2.75) is 13.0 Å². The molecule has 0 fully saturated rings. The summed E-state index contributed by atoms with van der Waals surface area (Å²) >= 11 is 3.44. The number of hydrogen-bond acceptors (Lipinski definition) is 5. The van der Waals surface area contributed by atoms with E-state index in [0.717, 1.165) is 36.1 Å². The second kappa shape index (κ2) is 13.5. The minimum atomic E-state index is -0.527. The fraction of sp³-hybridized carbons (Fsp3) is 0.533. The molecule has 0 aliphatic heterocycles. The first-order valence-electron chi connectivity index (χ1n) is 7.07. The van der Waals surface area contributed by atoms with Crippen molar-refractivity contribution in [3.63, 3.8) is 0 Å². The Morgan fingerprint density at radius 1 is 1.33 bits per heavy atom. The summed E-state index contributed by atoms with van der Waals surface area (Å²) in [7, 11) is 5.69. The van der Waals surface area contributed by atoms with Crippen LogP contribution in [0.4, 0.5) is 0 Å². The number of carbonyl (C=O) groups excluding carboxylic acids is 1. The zero-order valence-electron chi connectivity index (χ0n) is 14.1. The zero-order valence-corrected chi connectivity index (χ0v) is 17.2. The average Bonchev–Trinajstić information content (AvgIpc) is 2.44. The number of nitrogens with zero attached hydrogens (tertiary/aromatic N) is 1. The molecule has 1 aromatic rings. The van der Waals surface area contributed by atoms with Crippen molar-refractivity contribution in [2.75, 3.05) is 40.9 Å². The van der Waals surface area contributed by atoms with Gasteiger partial charge in [0.1, 0.15) is 0 Å². The number of methoxy groups -OCH3 is 1. The van der Waals surface area contributed by atoms with Gasteiger partial charge in [0, 0.05) is 6.54 Å². The first kappa shape index (κ1) is 25.5. The Balaban J connectivity index is 0. The zero-order chi connectivity index (χ0) is 16.5. The second-order valence-corrected chi connectivity index (χ2v) is 6.05. The lowest BCUT2D eigenvalue weighted by molar-refractivity contribution is -0.120. The molecule has 1 aromatic carbocycles. The van der Waals surface area contributed by atoms with Crippen molar-refractivity contribution in [2.24, 2.45) is 5.73 Å². The van der Waals surface area contributed by atoms with Crippen LogP contribution >= 0.6 is 15.9 Å². The minimum Gasteiger partial charge on any atom is -1.00 e. The molecule has 0 bridgehead atoms. The van der Waals surface area contributed by atoms with Gasteiger partial charge in [0.2, 0.25) is 0 Å². The van der Waals surface area contributed by atoms with Gasteiger partial charge in [0.25, 0.3) is 5.91 Å². The van der Waals surface area contributed by atoms with Crippen molar-refractivity contribution < 1.29 is 39.1 Å². The van der Waals surface area contributed by atoms with E-state index in [1.165, 1.54) is 0 Å². The summed E-state index contributed by atoms with van der Waals surface area (Å²) in [5.74, 6) is 0.527. The van der Waals surface area contributed by atoms with E-state index in [2.05, 4.69) is 40.2 Å². The molecule has 0 aromatic heterocycles. The van der Waals surface area contributed by atoms with E-state index in [1.807, 2.05) is 12.1 Å². The molecule has 9 heteroatoms. The summed E-state index contributed by atoms with van der Waals surface area (Å²) in [5, 5.41) is 3.39. The van der Waals surface area contributed by atoms with Gasteiger partial charge in [-0.15, -0.1) is 0 Å². The Morgan fingerprint density at radius 3 is 2.54 bits per heavy atom. The average molecular weight is 445 g/mol. The number of halogens is 3. The van der Waals surface area contributed by atoms with Crippen LogP contribution in [0.3, 0.4) is 0 Å². The molecule has 1 rings (SSSR count). The number of primary amides is 1. The van der Waals surface area contributed by atoms with Crippen molar-refractivity contribution in [3.8, 4) is 11.5 Å². The van der Waals surface area contributed by atoms with Crippen molar-refractivity contribution in [1.29, 1.82) is 0 Å². The topological polar surface area (TPSA) is 76.8 Å². The maximum atomic E-state index is 10.8. The molecule has 0 saturated carbocycles. The number of rotatable bonds is 10. The third-order valence-corrected chi connectivity index (χ3v) is 3.53. The Labute approximate surface area is 164 Å². The quantitative estimate of drug-likeness (QED) is 0.355. The Hall–Kier alpha value is -0.730. The predicted octanol–water partition coefficient (Wildman–Crippen LogP) is -4.63. The molecule has 6 nitrogen and oxygen atoms in total. The van der Waals surface area contributed by atoms with Crippen LogP contribution in [-0.4, -0.2) is 51.7 Å². The molecule has 0 aliphatic carbocycles. The third kappa shape index (κ3) is 9.54. The molecule has 140 valence electrons. The molecule has 0 spiro atoms. The van der Waals surface area contributed by atoms with Crippen LogP contribution in [0.5, 0.6) is 11.5 Å². The van der Waals surface area contributed by atoms with Gasteiger partial charge in [-0.2, -0.15) is 0 Å². The number of benzene rings is 1. The summed E-state index contributed by atoms with van der Waals surface area (Å²) < 4.78 is 11.4. The number of nitrogens with one attached hydrogen (secondary N) is 1. The molecule has 0 aliphatic rings. The second-order valence-electron chi connectivity index (χ2n) is 5.20. The standard InChI is InChI=1S/C15H24BrN3O3.2ClH/c1-19(2)6-4-5-18-9-11-7-12(16)15(13(8-11)21-3)22-10-14(17)20;;/h7-8,18H,4-6,9-10H2,1-3H3,(H2,17,20);2*1H/p-2. The minimum absolute atomic E-state index is 0. The highest BCUT2D eigenvalue weighted by Gasteiger charge is 2.12. The summed E-state index contributed by atoms with van der Waals surface area (Å²) in [5.41, 5.74) is 6.16. The van der Waals surface area contributed by atoms with Gasteiger partial charge in [0.15, 0.2) is 18.1 Å². The van der Waals surface area contributed by atoms with Crippen LogP contribution in [0.2, 0.25) is 0 Å². The molecule has 1 amide bonds. The van der Waals surface area contributed by atoms with Crippen molar-refractivity contribution in [3.05, 3.63) is 22.2 Å². The molecule has 0 saturated heterocycles. The molecule has 24 heavy (non-hydrogen) atoms. The summed E-state index contributed by atoms with van der Waals surface area (Å²) in [6.45, 7) is 2.55. The van der Waals surface area contributed by atoms with E-state index >= 15 is 0 Å². The molecular formula is C15H24BrCl2N3O3-2. The molecule has 0 heterocycles. The summed E-state index contributed by atoms with van der Waals surface area (Å²) in [6, 6.07) is 3.83. The highest BCUT2D eigenvalue weighted by atomic mass is 79.9. The highest BCUT2D eigenvalue weighted by molar-refractivity contribution is 9.10. The van der Waals surface area contributed by atoms with E-state index in [1.54, 1.807) is 7.11 Å². The summed E-state index contributed by atoms with van der Waals surface area (Å²) in [4.78, 5) is 13.0. The predicted molar refractivity (Wildman–Crippen MR) is 90.3 cm³/mol. The smallest absolute Gasteiger partial charge is 0.255 e. The van der Waals surface area contributed by atoms with Crippen LogP contribution in [0.25, 0.3) is 0 Å². The third-order valence-electron chi connectivity index (χ3n) is 2.94. The van der Waals surface area contributed by atoms with Crippen LogP contribution in [0, 0.1) is 0 Å². The van der Waals surface area contributed by atoms with E-state index in [0.29, 0.717) is 11.5 Å². The van der Waals surface area contributed by atoms with Gasteiger partial charge >= 0.3 is 0 Å². The van der Waals surface area contributed by atoms with E-state index in [4.69, 9.17) is 15.2 Å². The van der Waals surface area contributed by atoms with Gasteiger partial charge in [-0.3, -0.25) is 4.79 Å². The Bertz CT molecular complexity index is 505. The molecule has 0 atom stereocenters. The van der Waals surface area contributed by atoms with E-state index in [-0.39, 0.29) is 31.4 Å². The van der Waals surface area contributed by atoms with E-state index < -0.39 is 5.91 Å². The van der Waals surface area contributed by atoms with Gasteiger partial charge in [0.05, 0.1) is 11.6 Å². The van der Waals surface area contributed by atoms with Gasteiger partial charge in [-0.25, -0.2) is 0 Å². The molecule has 0 unspecified atom stereocenters. The summed E-state index contributed by atoms with van der Waals surface area (Å²) in [6.07, 6.45) is 1.09. The van der Waals surface area contributed by atoms with Crippen LogP contribution in [0.15, 0.2) is 16.6 Å². The normalized spacial score (nSPS) is 9.88. The number of nitrogens with two attached hydrogens (primary N) is 1. The maximum absolute atomic E-state index is 10.8. The number of amides is 1. The van der Waals surface area contributed by atoms with Gasteiger partial charge in [-0.1, -0.05) is 0 Å². The first-order valence-corrected chi connectivity index (χ1v) is 7.86. The lowest BCUT2D eigenvalue weighted by Gasteiger charge is -2.14. The monoisotopic (exact) mass is 443 g/mol. The van der Waals surface area contributed by atoms with E-state index in [9.17, 15) is 4.79 Å². The number of hydrogen-bond donors (Lipinski definition) is 2. The van der Waals surface area contributed by atoms with Crippen molar-refractivity contribution >= 4 is 21.8 Å². The Kier molecular flexibility index (Phi) is 14.4. The number of ether oxygens (including phenoxy) is 2. The van der Waals surface area contributed by atoms with Gasteiger partial charge < -0.3 is 50.2 Å². The lowest BCUT2D eigenvalue weighted by atomic mass is 10.2. The molecule has 3 N–H and O–H groups in total. The SMILES string of the molecule is COc1cc(CNCCCN(C)C)cc(Br)c1OCC(N)=O.[Cl-].[Cl-]. The molecule has 0 radical (unpaired) electrons. The van der Waals surface area contributed by atoms with Crippen LogP contribution in [0.1, 0.15) is 12.0 Å². The largest absolute Gasteiger partial charge is 1.00 e.